The molecule has 0 spiro atoms. The smallest absolute Gasteiger partial charge is 0.325 e. The first kappa shape index (κ1) is 28.4. The Morgan fingerprint density at radius 3 is 2.14 bits per heavy atom. The molecule has 0 aliphatic heterocycles. The fourth-order valence-electron chi connectivity index (χ4n) is 3.00. The molecule has 11 nitrogen and oxygen atoms in total. The lowest BCUT2D eigenvalue weighted by molar-refractivity contribution is -0.141. The van der Waals surface area contributed by atoms with E-state index in [1.54, 1.807) is 6.92 Å². The zero-order valence-corrected chi connectivity index (χ0v) is 21.0. The second-order valence-corrected chi connectivity index (χ2v) is 9.38. The molecule has 36 heavy (non-hydrogen) atoms. The third-order valence-corrected chi connectivity index (χ3v) is 6.27. The number of amides is 3. The number of sulfonamides is 1. The largest absolute Gasteiger partial charge is 0.465 e. The highest BCUT2D eigenvalue weighted by Crippen LogP contribution is 2.12. The van der Waals surface area contributed by atoms with Crippen LogP contribution in [0.3, 0.4) is 0 Å². The van der Waals surface area contributed by atoms with Crippen LogP contribution in [-0.4, -0.2) is 56.8 Å². The summed E-state index contributed by atoms with van der Waals surface area (Å²) in [6.45, 7) is 4.11. The molecule has 0 aliphatic carbocycles. The second kappa shape index (κ2) is 13.9. The predicted octanol–water partition coefficient (Wildman–Crippen LogP) is 1.80. The molecule has 1 heterocycles. The van der Waals surface area contributed by atoms with Gasteiger partial charge in [0.1, 0.15) is 12.2 Å². The highest BCUT2D eigenvalue weighted by Gasteiger charge is 2.20. The zero-order valence-electron chi connectivity index (χ0n) is 20.2. The molecule has 2 rings (SSSR count). The molecule has 0 saturated carbocycles. The van der Waals surface area contributed by atoms with E-state index in [1.807, 2.05) is 4.72 Å². The minimum Gasteiger partial charge on any atom is -0.465 e. The molecule has 194 valence electrons. The Balaban J connectivity index is 1.94. The highest BCUT2D eigenvalue weighted by molar-refractivity contribution is 7.90. The predicted molar refractivity (Wildman–Crippen MR) is 131 cm³/mol. The molecule has 0 fully saturated rings. The van der Waals surface area contributed by atoms with Gasteiger partial charge in [0.25, 0.3) is 27.7 Å². The van der Waals surface area contributed by atoms with Gasteiger partial charge in [0.05, 0.1) is 17.1 Å². The number of carbonyl (C=O) groups is 4. The second-order valence-electron chi connectivity index (χ2n) is 7.70. The summed E-state index contributed by atoms with van der Waals surface area (Å²) in [4.78, 5) is 51.6. The van der Waals surface area contributed by atoms with Gasteiger partial charge in [-0.05, 0) is 49.7 Å². The Kier molecular flexibility index (Phi) is 11.0. The van der Waals surface area contributed by atoms with Crippen LogP contribution in [0.5, 0.6) is 0 Å². The van der Waals surface area contributed by atoms with Crippen LogP contribution in [0.25, 0.3) is 0 Å². The van der Waals surface area contributed by atoms with Gasteiger partial charge in [-0.3, -0.25) is 24.2 Å². The molecular weight excluding hydrogens is 488 g/mol. The van der Waals surface area contributed by atoms with Crippen molar-refractivity contribution in [1.82, 2.24) is 20.3 Å². The number of nitrogens with one attached hydrogen (secondary N) is 3. The van der Waals surface area contributed by atoms with E-state index in [1.165, 1.54) is 36.4 Å². The van der Waals surface area contributed by atoms with Crippen LogP contribution in [0.15, 0.2) is 47.5 Å². The van der Waals surface area contributed by atoms with Gasteiger partial charge in [-0.1, -0.05) is 26.2 Å². The number of pyridine rings is 1. The maximum atomic E-state index is 12.6. The van der Waals surface area contributed by atoms with Crippen molar-refractivity contribution in [3.63, 3.8) is 0 Å². The van der Waals surface area contributed by atoms with Crippen molar-refractivity contribution < 1.29 is 32.3 Å². The van der Waals surface area contributed by atoms with Crippen LogP contribution in [0.4, 0.5) is 0 Å². The van der Waals surface area contributed by atoms with Crippen LogP contribution >= 0.6 is 0 Å². The van der Waals surface area contributed by atoms with Gasteiger partial charge in [0.2, 0.25) is 0 Å². The van der Waals surface area contributed by atoms with Gasteiger partial charge in [0.15, 0.2) is 0 Å². The van der Waals surface area contributed by atoms with Gasteiger partial charge < -0.3 is 15.4 Å². The van der Waals surface area contributed by atoms with E-state index in [-0.39, 0.29) is 35.2 Å². The van der Waals surface area contributed by atoms with Crippen LogP contribution in [0.2, 0.25) is 0 Å². The van der Waals surface area contributed by atoms with Crippen LogP contribution in [0.1, 0.15) is 70.7 Å². The number of hydrogen-bond acceptors (Lipinski definition) is 8. The number of unbranched alkanes of at least 4 members (excludes halogenated alkanes) is 3. The monoisotopic (exact) mass is 518 g/mol. The van der Waals surface area contributed by atoms with Crippen molar-refractivity contribution in [2.75, 3.05) is 19.7 Å². The van der Waals surface area contributed by atoms with Crippen molar-refractivity contribution in [1.29, 1.82) is 0 Å². The summed E-state index contributed by atoms with van der Waals surface area (Å²) in [5.74, 6) is -2.53. The summed E-state index contributed by atoms with van der Waals surface area (Å²) in [5, 5.41) is 5.11. The van der Waals surface area contributed by atoms with E-state index in [4.69, 9.17) is 4.74 Å². The Bertz CT molecular complexity index is 1160. The number of hydrogen-bond donors (Lipinski definition) is 3. The number of carbonyl (C=O) groups excluding carboxylic acids is 4. The number of aromatic nitrogens is 1. The summed E-state index contributed by atoms with van der Waals surface area (Å²) >= 11 is 0. The van der Waals surface area contributed by atoms with E-state index < -0.39 is 27.8 Å². The van der Waals surface area contributed by atoms with Crippen LogP contribution in [0, 0.1) is 0 Å². The van der Waals surface area contributed by atoms with E-state index in [0.29, 0.717) is 12.1 Å². The first-order valence-electron chi connectivity index (χ1n) is 11.5. The summed E-state index contributed by atoms with van der Waals surface area (Å²) in [6, 6.07) is 7.65. The molecule has 0 aliphatic rings. The van der Waals surface area contributed by atoms with Crippen molar-refractivity contribution in [2.45, 2.75) is 44.4 Å². The quantitative estimate of drug-likeness (QED) is 0.267. The minimum absolute atomic E-state index is 0.0714. The lowest BCUT2D eigenvalue weighted by Gasteiger charge is -2.09. The Morgan fingerprint density at radius 2 is 1.53 bits per heavy atom. The lowest BCUT2D eigenvalue weighted by atomic mass is 10.2. The first-order valence-corrected chi connectivity index (χ1v) is 13.0. The average Bonchev–Trinajstić information content (AvgIpc) is 2.87. The van der Waals surface area contributed by atoms with E-state index in [9.17, 15) is 27.6 Å². The topological polar surface area (TPSA) is 161 Å². The molecular formula is C24H30N4O7S. The molecule has 0 bridgehead atoms. The van der Waals surface area contributed by atoms with Gasteiger partial charge in [-0.2, -0.15) is 0 Å². The van der Waals surface area contributed by atoms with Crippen LogP contribution in [-0.2, 0) is 19.6 Å². The third-order valence-electron chi connectivity index (χ3n) is 4.93. The van der Waals surface area contributed by atoms with Crippen molar-refractivity contribution in [3.8, 4) is 0 Å². The Hall–Kier alpha value is -3.80. The summed E-state index contributed by atoms with van der Waals surface area (Å²) in [6.07, 6.45) is 5.12. The Labute approximate surface area is 210 Å². The summed E-state index contributed by atoms with van der Waals surface area (Å²) < 4.78 is 31.8. The molecule has 1 aromatic carbocycles. The fourth-order valence-corrected chi connectivity index (χ4v) is 3.97. The standard InChI is InChI=1S/C24H30N4O7S/c1-3-5-6-7-14-25-22(30)17-8-11-19(12-9-17)36(33,34)28-23(31)18-10-13-20(26-15-18)24(32)27-16-21(29)35-4-2/h8-13,15H,3-7,14,16H2,1-2H3,(H,25,30)(H,27,32)(H,28,31). The molecule has 0 radical (unpaired) electrons. The normalized spacial score (nSPS) is 10.8. The fraction of sp³-hybridized carbons (Fsp3) is 0.375. The molecule has 2 aromatic rings. The van der Waals surface area contributed by atoms with E-state index in [0.717, 1.165) is 31.9 Å². The third kappa shape index (κ3) is 8.77. The molecule has 0 atom stereocenters. The van der Waals surface area contributed by atoms with Crippen molar-refractivity contribution in [3.05, 3.63) is 59.4 Å². The molecule has 0 unspecified atom stereocenters. The zero-order chi connectivity index (χ0) is 26.6. The highest BCUT2D eigenvalue weighted by atomic mass is 32.2. The van der Waals surface area contributed by atoms with Crippen molar-refractivity contribution in [2.24, 2.45) is 0 Å². The van der Waals surface area contributed by atoms with E-state index in [2.05, 4.69) is 22.5 Å². The summed E-state index contributed by atoms with van der Waals surface area (Å²) in [5.41, 5.74) is 0.134. The number of rotatable bonds is 13. The summed E-state index contributed by atoms with van der Waals surface area (Å²) in [7, 11) is -4.22. The molecule has 3 N–H and O–H groups in total. The maximum absolute atomic E-state index is 12.6. The van der Waals surface area contributed by atoms with Crippen molar-refractivity contribution >= 4 is 33.7 Å². The minimum atomic E-state index is -4.22. The van der Waals surface area contributed by atoms with Gasteiger partial charge in [-0.15, -0.1) is 0 Å². The molecule has 12 heteroatoms. The average molecular weight is 519 g/mol. The number of esters is 1. The van der Waals surface area contributed by atoms with Gasteiger partial charge in [-0.25, -0.2) is 13.1 Å². The van der Waals surface area contributed by atoms with E-state index >= 15 is 0 Å². The number of nitrogens with zero attached hydrogens (tertiary/aromatic N) is 1. The Morgan fingerprint density at radius 1 is 0.833 bits per heavy atom. The van der Waals surface area contributed by atoms with Crippen LogP contribution < -0.4 is 15.4 Å². The number of benzene rings is 1. The van der Waals surface area contributed by atoms with Gasteiger partial charge >= 0.3 is 5.97 Å². The number of ether oxygens (including phenoxy) is 1. The van der Waals surface area contributed by atoms with Gasteiger partial charge in [0, 0.05) is 18.3 Å². The molecule has 3 amide bonds. The molecule has 0 saturated heterocycles. The first-order chi connectivity index (χ1) is 17.2. The maximum Gasteiger partial charge on any atom is 0.325 e. The lowest BCUT2D eigenvalue weighted by Crippen LogP contribution is -2.32. The molecule has 1 aromatic heterocycles. The SMILES string of the molecule is CCCCCCNC(=O)c1ccc(S(=O)(=O)NC(=O)c2ccc(C(=O)NCC(=O)OCC)nc2)cc1.